The summed E-state index contributed by atoms with van der Waals surface area (Å²) in [6, 6.07) is 11.6. The number of aryl methyl sites for hydroxylation is 2. The maximum Gasteiger partial charge on any atom is 0.302 e. The van der Waals surface area contributed by atoms with E-state index in [1.807, 2.05) is 48.9 Å². The number of benzene rings is 2. The molecule has 1 amide bonds. The van der Waals surface area contributed by atoms with Gasteiger partial charge in [-0.1, -0.05) is 12.1 Å². The molecule has 0 aliphatic rings. The Morgan fingerprint density at radius 1 is 1.26 bits per heavy atom. The van der Waals surface area contributed by atoms with Gasteiger partial charge in [0.2, 0.25) is 5.95 Å². The van der Waals surface area contributed by atoms with E-state index in [4.69, 9.17) is 9.15 Å². The summed E-state index contributed by atoms with van der Waals surface area (Å²) in [5, 5.41) is 15.1. The van der Waals surface area contributed by atoms with Gasteiger partial charge in [0.15, 0.2) is 5.58 Å². The Balaban J connectivity index is 1.51. The van der Waals surface area contributed by atoms with Crippen molar-refractivity contribution in [1.29, 1.82) is 0 Å². The minimum absolute atomic E-state index is 0.195. The minimum Gasteiger partial charge on any atom is -0.423 e. The zero-order valence-electron chi connectivity index (χ0n) is 17.7. The molecule has 3 N–H and O–H groups in total. The highest BCUT2D eigenvalue weighted by Crippen LogP contribution is 2.26. The second-order valence-corrected chi connectivity index (χ2v) is 7.44. The van der Waals surface area contributed by atoms with Gasteiger partial charge in [0.05, 0.1) is 30.4 Å². The molecule has 1 unspecified atom stereocenters. The number of para-hydroxylation sites is 2. The number of oxazole rings is 1. The van der Waals surface area contributed by atoms with E-state index in [0.29, 0.717) is 41.8 Å². The number of ether oxygens (including phenoxy) is 1. The summed E-state index contributed by atoms with van der Waals surface area (Å²) in [4.78, 5) is 21.6. The van der Waals surface area contributed by atoms with E-state index in [1.54, 1.807) is 13.0 Å². The molecule has 4 aromatic rings. The zero-order valence-corrected chi connectivity index (χ0v) is 17.7. The molecule has 0 radical (unpaired) electrons. The Morgan fingerprint density at radius 3 is 2.84 bits per heavy atom. The molecular weight excluding hydrogens is 398 g/mol. The maximum atomic E-state index is 12.6. The number of rotatable bonds is 8. The predicted octanol–water partition coefficient (Wildman–Crippen LogP) is 2.89. The van der Waals surface area contributed by atoms with Crippen LogP contribution in [0.15, 0.2) is 40.8 Å². The van der Waals surface area contributed by atoms with Gasteiger partial charge in [-0.25, -0.2) is 4.98 Å². The summed E-state index contributed by atoms with van der Waals surface area (Å²) < 4.78 is 12.9. The van der Waals surface area contributed by atoms with Crippen LogP contribution >= 0.6 is 0 Å². The molecule has 2 aromatic carbocycles. The van der Waals surface area contributed by atoms with Crippen molar-refractivity contribution in [3.8, 4) is 0 Å². The number of aliphatic hydroxyl groups is 1. The van der Waals surface area contributed by atoms with Crippen LogP contribution in [0.1, 0.15) is 22.8 Å². The van der Waals surface area contributed by atoms with Gasteiger partial charge in [0.1, 0.15) is 5.52 Å². The highest BCUT2D eigenvalue weighted by Gasteiger charge is 2.16. The fourth-order valence-electron chi connectivity index (χ4n) is 3.31. The number of aromatic nitrogens is 3. The largest absolute Gasteiger partial charge is 0.423 e. The molecule has 162 valence electrons. The van der Waals surface area contributed by atoms with Crippen LogP contribution in [-0.4, -0.2) is 51.4 Å². The Morgan fingerprint density at radius 2 is 2.06 bits per heavy atom. The number of aliphatic hydroxyl groups excluding tert-OH is 1. The van der Waals surface area contributed by atoms with Crippen LogP contribution in [-0.2, 0) is 11.8 Å². The van der Waals surface area contributed by atoms with E-state index >= 15 is 0 Å². The molecule has 2 heterocycles. The van der Waals surface area contributed by atoms with Crippen LogP contribution in [0.25, 0.3) is 22.1 Å². The van der Waals surface area contributed by atoms with Crippen LogP contribution in [0.5, 0.6) is 0 Å². The lowest BCUT2D eigenvalue weighted by atomic mass is 10.1. The Hall–Kier alpha value is -3.43. The second-order valence-electron chi connectivity index (χ2n) is 7.44. The molecule has 0 saturated heterocycles. The third-order valence-corrected chi connectivity index (χ3v) is 4.88. The molecular formula is C22H25N5O4. The molecule has 4 rings (SSSR count). The number of amides is 1. The van der Waals surface area contributed by atoms with Crippen LogP contribution in [0, 0.1) is 6.92 Å². The normalized spacial score (nSPS) is 12.4. The number of nitrogens with zero attached hydrogens (tertiary/aromatic N) is 3. The molecule has 0 aliphatic carbocycles. The van der Waals surface area contributed by atoms with Crippen LogP contribution in [0.3, 0.4) is 0 Å². The van der Waals surface area contributed by atoms with Crippen LogP contribution in [0.2, 0.25) is 0 Å². The third kappa shape index (κ3) is 4.52. The number of anilines is 2. The van der Waals surface area contributed by atoms with Gasteiger partial charge < -0.3 is 24.1 Å². The summed E-state index contributed by atoms with van der Waals surface area (Å²) >= 11 is 0. The number of nitrogens with one attached hydrogen (secondary N) is 2. The topological polar surface area (TPSA) is 114 Å². The number of carbonyl (C=O) groups excluding carboxylic acids is 1. The Kier molecular flexibility index (Phi) is 5.88. The lowest BCUT2D eigenvalue weighted by molar-refractivity contribution is 0.0470. The van der Waals surface area contributed by atoms with Crippen molar-refractivity contribution in [3.63, 3.8) is 0 Å². The average Bonchev–Trinajstić information content (AvgIpc) is 3.27. The Labute approximate surface area is 179 Å². The number of carbonyl (C=O) groups is 1. The second kappa shape index (κ2) is 8.75. The van der Waals surface area contributed by atoms with Crippen molar-refractivity contribution >= 4 is 40.0 Å². The molecule has 9 heteroatoms. The van der Waals surface area contributed by atoms with E-state index in [-0.39, 0.29) is 12.5 Å². The van der Waals surface area contributed by atoms with Crippen LogP contribution in [0.4, 0.5) is 12.0 Å². The quantitative estimate of drug-likeness (QED) is 0.373. The first-order valence-corrected chi connectivity index (χ1v) is 10.1. The van der Waals surface area contributed by atoms with Gasteiger partial charge in [-0.05, 0) is 43.7 Å². The lowest BCUT2D eigenvalue weighted by Crippen LogP contribution is -2.28. The lowest BCUT2D eigenvalue weighted by Gasteiger charge is -2.09. The van der Waals surface area contributed by atoms with Gasteiger partial charge in [-0.3, -0.25) is 10.1 Å². The molecule has 1 atom stereocenters. The first-order valence-electron chi connectivity index (χ1n) is 10.1. The molecule has 0 fully saturated rings. The zero-order chi connectivity index (χ0) is 22.0. The van der Waals surface area contributed by atoms with Crippen molar-refractivity contribution in [2.45, 2.75) is 20.0 Å². The predicted molar refractivity (Wildman–Crippen MR) is 118 cm³/mol. The van der Waals surface area contributed by atoms with Crippen molar-refractivity contribution in [2.24, 2.45) is 7.05 Å². The number of hydrogen-bond acceptors (Lipinski definition) is 7. The molecule has 9 nitrogen and oxygen atoms in total. The van der Waals surface area contributed by atoms with Crippen molar-refractivity contribution in [2.75, 3.05) is 25.1 Å². The molecule has 0 spiro atoms. The van der Waals surface area contributed by atoms with Gasteiger partial charge in [-0.2, -0.15) is 4.98 Å². The van der Waals surface area contributed by atoms with Gasteiger partial charge in [0, 0.05) is 19.2 Å². The van der Waals surface area contributed by atoms with E-state index in [0.717, 1.165) is 16.6 Å². The van der Waals surface area contributed by atoms with Gasteiger partial charge >= 0.3 is 6.01 Å². The number of hydrogen-bond donors (Lipinski definition) is 3. The maximum absolute atomic E-state index is 12.6. The van der Waals surface area contributed by atoms with E-state index in [2.05, 4.69) is 20.6 Å². The molecule has 0 saturated carbocycles. The highest BCUT2D eigenvalue weighted by molar-refractivity contribution is 5.99. The van der Waals surface area contributed by atoms with Crippen molar-refractivity contribution in [3.05, 3.63) is 47.5 Å². The fourth-order valence-corrected chi connectivity index (χ4v) is 3.31. The SMILES string of the molecule is Cc1cc2c(cc1C(=O)NCCOCC(C)O)nc(Nc1nc3ccccc3o1)n2C. The molecule has 2 aromatic heterocycles. The summed E-state index contributed by atoms with van der Waals surface area (Å²) in [6.07, 6.45) is -0.526. The first kappa shape index (κ1) is 20.8. The average molecular weight is 423 g/mol. The smallest absolute Gasteiger partial charge is 0.302 e. The summed E-state index contributed by atoms with van der Waals surface area (Å²) in [6.45, 7) is 4.47. The number of imidazole rings is 1. The van der Waals surface area contributed by atoms with Crippen molar-refractivity contribution in [1.82, 2.24) is 19.9 Å². The standard InChI is InChI=1S/C22H25N5O4/c1-13-10-18-17(11-15(13)20(29)23-8-9-30-12-14(2)28)24-21(27(18)3)26-22-25-16-6-4-5-7-19(16)31-22/h4-7,10-11,14,28H,8-9,12H2,1-3H3,(H,23,29)(H,24,25,26). The van der Waals surface area contributed by atoms with E-state index in [9.17, 15) is 9.90 Å². The molecule has 0 bridgehead atoms. The summed E-state index contributed by atoms with van der Waals surface area (Å²) in [5.41, 5.74) is 4.41. The first-order chi connectivity index (χ1) is 14.9. The van der Waals surface area contributed by atoms with Gasteiger partial charge in [0.25, 0.3) is 5.91 Å². The molecule has 31 heavy (non-hydrogen) atoms. The minimum atomic E-state index is -0.526. The monoisotopic (exact) mass is 423 g/mol. The highest BCUT2D eigenvalue weighted by atomic mass is 16.5. The fraction of sp³-hybridized carbons (Fsp3) is 0.318. The van der Waals surface area contributed by atoms with Gasteiger partial charge in [-0.15, -0.1) is 0 Å². The molecule has 0 aliphatic heterocycles. The number of fused-ring (bicyclic) bond motifs is 2. The summed E-state index contributed by atoms with van der Waals surface area (Å²) in [5.74, 6) is 0.365. The van der Waals surface area contributed by atoms with Crippen LogP contribution < -0.4 is 10.6 Å². The Bertz CT molecular complexity index is 1190. The third-order valence-electron chi connectivity index (χ3n) is 4.88. The van der Waals surface area contributed by atoms with E-state index < -0.39 is 6.10 Å². The summed E-state index contributed by atoms with van der Waals surface area (Å²) in [7, 11) is 1.89. The van der Waals surface area contributed by atoms with Crippen molar-refractivity contribution < 1.29 is 19.1 Å². The van der Waals surface area contributed by atoms with E-state index in [1.165, 1.54) is 0 Å².